The molecule has 2 aromatic carbocycles. The van der Waals surface area contributed by atoms with Gasteiger partial charge in [-0.2, -0.15) is 0 Å². The predicted octanol–water partition coefficient (Wildman–Crippen LogP) is 3.86. The lowest BCUT2D eigenvalue weighted by Gasteiger charge is -2.42. The first-order chi connectivity index (χ1) is 15.8. The number of urea groups is 1. The Morgan fingerprint density at radius 2 is 1.52 bits per heavy atom. The number of nitrogens with zero attached hydrogens (tertiary/aromatic N) is 3. The van der Waals surface area contributed by atoms with E-state index in [1.807, 2.05) is 41.3 Å². The third-order valence-corrected chi connectivity index (χ3v) is 6.69. The van der Waals surface area contributed by atoms with E-state index in [0.29, 0.717) is 19.4 Å². The third kappa shape index (κ3) is 4.69. The van der Waals surface area contributed by atoms with Crippen molar-refractivity contribution in [2.75, 3.05) is 26.7 Å². The molecule has 2 fully saturated rings. The highest BCUT2D eigenvalue weighted by Gasteiger charge is 2.57. The van der Waals surface area contributed by atoms with E-state index < -0.39 is 5.54 Å². The molecular formula is C26H33N3O4. The molecule has 2 aromatic rings. The number of benzene rings is 2. The van der Waals surface area contributed by atoms with Crippen molar-refractivity contribution in [3.05, 3.63) is 59.7 Å². The average molecular weight is 452 g/mol. The van der Waals surface area contributed by atoms with Gasteiger partial charge < -0.3 is 14.7 Å². The molecule has 0 bridgehead atoms. The summed E-state index contributed by atoms with van der Waals surface area (Å²) in [6.07, 6.45) is 1.25. The number of piperidine rings is 1. The van der Waals surface area contributed by atoms with Gasteiger partial charge in [0.15, 0.2) is 0 Å². The Hall–Kier alpha value is -3.06. The maximum Gasteiger partial charge on any atom is 0.327 e. The number of amides is 3. The van der Waals surface area contributed by atoms with E-state index in [2.05, 4.69) is 18.7 Å². The third-order valence-electron chi connectivity index (χ3n) is 6.69. The Balaban J connectivity index is 1.50. The highest BCUT2D eigenvalue weighted by atomic mass is 16.5. The number of phenolic OH excluding ortho intramolecular Hbond substituents is 1. The zero-order valence-electron chi connectivity index (χ0n) is 19.7. The molecule has 3 amide bonds. The molecule has 7 heteroatoms. The van der Waals surface area contributed by atoms with Crippen LogP contribution < -0.4 is 4.74 Å². The number of hydrogen-bond donors (Lipinski definition) is 1. The number of hydrogen-bond acceptors (Lipinski definition) is 5. The average Bonchev–Trinajstić information content (AvgIpc) is 2.99. The summed E-state index contributed by atoms with van der Waals surface area (Å²) in [7, 11) is 1.62. The van der Waals surface area contributed by atoms with Crippen LogP contribution in [-0.2, 0) is 17.9 Å². The molecule has 0 saturated carbocycles. The SMILES string of the molecule is COc1ccc(CN2C(=O)N(CC(C)C)C3(CCN(Cc4ccc(O)cc4)CC3)C2=O)cc1. The minimum atomic E-state index is -0.765. The van der Waals surface area contributed by atoms with Crippen LogP contribution in [0.3, 0.4) is 0 Å². The van der Waals surface area contributed by atoms with Gasteiger partial charge in [-0.25, -0.2) is 4.79 Å². The van der Waals surface area contributed by atoms with Gasteiger partial charge >= 0.3 is 6.03 Å². The highest BCUT2D eigenvalue weighted by molar-refractivity contribution is 6.07. The molecule has 0 radical (unpaired) electrons. The fraction of sp³-hybridized carbons (Fsp3) is 0.462. The number of rotatable bonds is 7. The molecule has 0 aliphatic carbocycles. The maximum atomic E-state index is 13.7. The monoisotopic (exact) mass is 451 g/mol. The number of carbonyl (C=O) groups is 2. The molecular weight excluding hydrogens is 418 g/mol. The topological polar surface area (TPSA) is 73.3 Å². The van der Waals surface area contributed by atoms with E-state index in [9.17, 15) is 14.7 Å². The summed E-state index contributed by atoms with van der Waals surface area (Å²) in [6, 6.07) is 14.6. The highest BCUT2D eigenvalue weighted by Crippen LogP contribution is 2.39. The van der Waals surface area contributed by atoms with Crippen molar-refractivity contribution in [2.45, 2.75) is 45.3 Å². The number of aromatic hydroxyl groups is 1. The van der Waals surface area contributed by atoms with Crippen LogP contribution in [0.5, 0.6) is 11.5 Å². The van der Waals surface area contributed by atoms with Crippen LogP contribution in [-0.4, -0.2) is 64.0 Å². The molecule has 2 aliphatic rings. The molecule has 2 aliphatic heterocycles. The number of phenols is 1. The van der Waals surface area contributed by atoms with Crippen molar-refractivity contribution < 1.29 is 19.4 Å². The first-order valence-corrected chi connectivity index (χ1v) is 11.6. The number of imide groups is 1. The van der Waals surface area contributed by atoms with Crippen LogP contribution in [0.4, 0.5) is 4.79 Å². The van der Waals surface area contributed by atoms with E-state index in [0.717, 1.165) is 36.5 Å². The number of likely N-dealkylation sites (tertiary alicyclic amines) is 1. The van der Waals surface area contributed by atoms with Gasteiger partial charge in [-0.1, -0.05) is 38.1 Å². The van der Waals surface area contributed by atoms with Gasteiger partial charge in [0.1, 0.15) is 17.0 Å². The summed E-state index contributed by atoms with van der Waals surface area (Å²) in [5, 5.41) is 9.51. The Bertz CT molecular complexity index is 980. The second-order valence-corrected chi connectivity index (χ2v) is 9.50. The number of ether oxygens (including phenoxy) is 1. The van der Waals surface area contributed by atoms with Crippen molar-refractivity contribution in [2.24, 2.45) is 5.92 Å². The van der Waals surface area contributed by atoms with E-state index in [-0.39, 0.29) is 30.2 Å². The van der Waals surface area contributed by atoms with Crippen LogP contribution in [0.2, 0.25) is 0 Å². The lowest BCUT2D eigenvalue weighted by molar-refractivity contribution is -0.136. The second-order valence-electron chi connectivity index (χ2n) is 9.50. The van der Waals surface area contributed by atoms with Gasteiger partial charge in [-0.05, 0) is 54.2 Å². The van der Waals surface area contributed by atoms with Crippen LogP contribution in [0.1, 0.15) is 37.8 Å². The quantitative estimate of drug-likeness (QED) is 0.648. The zero-order valence-corrected chi connectivity index (χ0v) is 19.7. The largest absolute Gasteiger partial charge is 0.508 e. The fourth-order valence-corrected chi connectivity index (χ4v) is 4.88. The van der Waals surface area contributed by atoms with E-state index >= 15 is 0 Å². The van der Waals surface area contributed by atoms with Crippen molar-refractivity contribution in [3.8, 4) is 11.5 Å². The summed E-state index contributed by atoms with van der Waals surface area (Å²) >= 11 is 0. The van der Waals surface area contributed by atoms with Crippen LogP contribution in [0.15, 0.2) is 48.5 Å². The standard InChI is InChI=1S/C26H33N3O4/c1-19(2)16-29-25(32)28(18-21-6-10-23(33-3)11-7-21)24(31)26(29)12-14-27(15-13-26)17-20-4-8-22(30)9-5-20/h4-11,19,30H,12-18H2,1-3H3. The smallest absolute Gasteiger partial charge is 0.327 e. The van der Waals surface area contributed by atoms with Gasteiger partial charge in [-0.3, -0.25) is 14.6 Å². The molecule has 1 spiro atoms. The number of methoxy groups -OCH3 is 1. The van der Waals surface area contributed by atoms with Crippen molar-refractivity contribution in [1.82, 2.24) is 14.7 Å². The minimum absolute atomic E-state index is 0.0757. The number of carbonyl (C=O) groups excluding carboxylic acids is 2. The molecule has 4 rings (SSSR count). The maximum absolute atomic E-state index is 13.7. The molecule has 33 heavy (non-hydrogen) atoms. The normalized spacial score (nSPS) is 18.5. The molecule has 0 unspecified atom stereocenters. The molecule has 2 saturated heterocycles. The van der Waals surface area contributed by atoms with Crippen molar-refractivity contribution >= 4 is 11.9 Å². The summed E-state index contributed by atoms with van der Waals surface area (Å²) < 4.78 is 5.22. The summed E-state index contributed by atoms with van der Waals surface area (Å²) in [5.74, 6) is 1.20. The summed E-state index contributed by atoms with van der Waals surface area (Å²) in [4.78, 5) is 32.7. The van der Waals surface area contributed by atoms with Crippen LogP contribution in [0, 0.1) is 5.92 Å². The van der Waals surface area contributed by atoms with Crippen LogP contribution in [0.25, 0.3) is 0 Å². The van der Waals surface area contributed by atoms with Crippen molar-refractivity contribution in [1.29, 1.82) is 0 Å². The Morgan fingerprint density at radius 3 is 2.09 bits per heavy atom. The molecule has 0 atom stereocenters. The molecule has 2 heterocycles. The van der Waals surface area contributed by atoms with E-state index in [4.69, 9.17) is 4.74 Å². The first-order valence-electron chi connectivity index (χ1n) is 11.6. The molecule has 1 N–H and O–H groups in total. The van der Waals surface area contributed by atoms with Crippen molar-refractivity contribution in [3.63, 3.8) is 0 Å². The Labute approximate surface area is 195 Å². The Kier molecular flexibility index (Phi) is 6.61. The van der Waals surface area contributed by atoms with Gasteiger partial charge in [-0.15, -0.1) is 0 Å². The van der Waals surface area contributed by atoms with Crippen LogP contribution >= 0.6 is 0 Å². The molecule has 0 aromatic heterocycles. The van der Waals surface area contributed by atoms with Gasteiger partial charge in [0.05, 0.1) is 13.7 Å². The summed E-state index contributed by atoms with van der Waals surface area (Å²) in [5.41, 5.74) is 1.26. The molecule has 7 nitrogen and oxygen atoms in total. The van der Waals surface area contributed by atoms with Gasteiger partial charge in [0.25, 0.3) is 5.91 Å². The predicted molar refractivity (Wildman–Crippen MR) is 126 cm³/mol. The first kappa shape index (κ1) is 23.1. The zero-order chi connectivity index (χ0) is 23.6. The summed E-state index contributed by atoms with van der Waals surface area (Å²) in [6.45, 7) is 7.25. The van der Waals surface area contributed by atoms with Gasteiger partial charge in [0.2, 0.25) is 0 Å². The lowest BCUT2D eigenvalue weighted by Crippen LogP contribution is -2.57. The minimum Gasteiger partial charge on any atom is -0.508 e. The molecule has 176 valence electrons. The second kappa shape index (κ2) is 9.43. The lowest BCUT2D eigenvalue weighted by atomic mass is 9.85. The Morgan fingerprint density at radius 1 is 0.939 bits per heavy atom. The van der Waals surface area contributed by atoms with E-state index in [1.54, 1.807) is 19.2 Å². The van der Waals surface area contributed by atoms with E-state index in [1.165, 1.54) is 4.90 Å². The van der Waals surface area contributed by atoms with Gasteiger partial charge in [0, 0.05) is 26.2 Å². The fourth-order valence-electron chi connectivity index (χ4n) is 4.88.